The summed E-state index contributed by atoms with van der Waals surface area (Å²) < 4.78 is 20.9. The van der Waals surface area contributed by atoms with Gasteiger partial charge in [-0.05, 0) is 19.1 Å². The number of hydrogen-bond acceptors (Lipinski definition) is 6. The second kappa shape index (κ2) is 7.49. The Morgan fingerprint density at radius 3 is 2.74 bits per heavy atom. The van der Waals surface area contributed by atoms with E-state index >= 15 is 0 Å². The van der Waals surface area contributed by atoms with Crippen LogP contribution in [-0.4, -0.2) is 26.3 Å². The molecular formula is C17H18O6. The molecule has 0 spiro atoms. The molecule has 23 heavy (non-hydrogen) atoms. The van der Waals surface area contributed by atoms with Crippen LogP contribution in [0.2, 0.25) is 0 Å². The zero-order valence-corrected chi connectivity index (χ0v) is 13.1. The number of carbonyl (C=O) groups is 1. The minimum atomic E-state index is -0.522. The normalized spacial score (nSPS) is 10.3. The fourth-order valence-electron chi connectivity index (χ4n) is 1.94. The number of ether oxygens (including phenoxy) is 3. The van der Waals surface area contributed by atoms with E-state index in [0.717, 1.165) is 0 Å². The number of para-hydroxylation sites is 1. The van der Waals surface area contributed by atoms with Crippen LogP contribution in [0, 0.1) is 0 Å². The van der Waals surface area contributed by atoms with Crippen LogP contribution in [0.5, 0.6) is 11.5 Å². The van der Waals surface area contributed by atoms with Crippen LogP contribution in [0.25, 0.3) is 11.0 Å². The molecule has 0 aliphatic heterocycles. The van der Waals surface area contributed by atoms with E-state index in [1.54, 1.807) is 25.1 Å². The van der Waals surface area contributed by atoms with Gasteiger partial charge < -0.3 is 18.6 Å². The maximum atomic E-state index is 11.6. The Hall–Kier alpha value is -2.76. The van der Waals surface area contributed by atoms with E-state index in [0.29, 0.717) is 41.1 Å². The summed E-state index contributed by atoms with van der Waals surface area (Å²) in [5, 5.41) is 0.642. The topological polar surface area (TPSA) is 75.0 Å². The van der Waals surface area contributed by atoms with Gasteiger partial charge in [0.2, 0.25) is 0 Å². The van der Waals surface area contributed by atoms with Crippen molar-refractivity contribution in [1.82, 2.24) is 0 Å². The predicted molar refractivity (Wildman–Crippen MR) is 84.9 cm³/mol. The first-order chi connectivity index (χ1) is 11.0. The third kappa shape index (κ3) is 4.12. The van der Waals surface area contributed by atoms with Gasteiger partial charge in [0.25, 0.3) is 0 Å². The molecule has 0 radical (unpaired) electrons. The minimum absolute atomic E-state index is 0.217. The van der Waals surface area contributed by atoms with Gasteiger partial charge in [-0.3, -0.25) is 0 Å². The number of benzene rings is 1. The van der Waals surface area contributed by atoms with Gasteiger partial charge in [-0.1, -0.05) is 12.6 Å². The highest BCUT2D eigenvalue weighted by Gasteiger charge is 2.11. The molecule has 0 unspecified atom stereocenters. The number of esters is 1. The van der Waals surface area contributed by atoms with Gasteiger partial charge in [-0.25, -0.2) is 9.59 Å². The molecule has 1 aromatic heterocycles. The summed E-state index contributed by atoms with van der Waals surface area (Å²) in [6, 6.07) is 6.54. The fraction of sp³-hybridized carbons (Fsp3) is 0.294. The van der Waals surface area contributed by atoms with Crippen molar-refractivity contribution in [2.24, 2.45) is 0 Å². The highest BCUT2D eigenvalue weighted by Crippen LogP contribution is 2.30. The SMILES string of the molecule is C=C(C)C(=O)OCCCOc1cc(=O)oc2c(OC)cccc12. The van der Waals surface area contributed by atoms with E-state index in [1.807, 2.05) is 0 Å². The molecule has 0 aliphatic rings. The summed E-state index contributed by atoms with van der Waals surface area (Å²) in [6.07, 6.45) is 0.491. The van der Waals surface area contributed by atoms with Crippen molar-refractivity contribution < 1.29 is 23.4 Å². The Morgan fingerprint density at radius 2 is 2.04 bits per heavy atom. The van der Waals surface area contributed by atoms with Crippen molar-refractivity contribution in [2.75, 3.05) is 20.3 Å². The van der Waals surface area contributed by atoms with E-state index in [2.05, 4.69) is 6.58 Å². The average molecular weight is 318 g/mol. The summed E-state index contributed by atoms with van der Waals surface area (Å²) in [5.74, 6) is 0.433. The summed E-state index contributed by atoms with van der Waals surface area (Å²) in [5.41, 5.74) is 0.168. The first-order valence-electron chi connectivity index (χ1n) is 7.09. The molecule has 0 N–H and O–H groups in total. The van der Waals surface area contributed by atoms with Crippen molar-refractivity contribution in [3.05, 3.63) is 46.8 Å². The Morgan fingerprint density at radius 1 is 1.26 bits per heavy atom. The summed E-state index contributed by atoms with van der Waals surface area (Å²) in [4.78, 5) is 22.9. The third-order valence-corrected chi connectivity index (χ3v) is 3.04. The molecule has 0 fully saturated rings. The number of carbonyl (C=O) groups excluding carboxylic acids is 1. The Balaban J connectivity index is 2.04. The monoisotopic (exact) mass is 318 g/mol. The number of fused-ring (bicyclic) bond motifs is 1. The van der Waals surface area contributed by atoms with Crippen molar-refractivity contribution in [2.45, 2.75) is 13.3 Å². The van der Waals surface area contributed by atoms with Crippen LogP contribution in [0.15, 0.2) is 45.6 Å². The van der Waals surface area contributed by atoms with E-state index < -0.39 is 11.6 Å². The molecule has 0 saturated carbocycles. The molecule has 0 amide bonds. The summed E-state index contributed by atoms with van der Waals surface area (Å²) in [7, 11) is 1.50. The average Bonchev–Trinajstić information content (AvgIpc) is 2.53. The van der Waals surface area contributed by atoms with E-state index in [4.69, 9.17) is 18.6 Å². The zero-order valence-electron chi connectivity index (χ0n) is 13.1. The van der Waals surface area contributed by atoms with Crippen molar-refractivity contribution in [1.29, 1.82) is 0 Å². The number of hydrogen-bond donors (Lipinski definition) is 0. The first-order valence-corrected chi connectivity index (χ1v) is 7.09. The standard InChI is InChI=1S/C17H18O6/c1-11(2)17(19)22-9-5-8-21-14-10-15(18)23-16-12(14)6-4-7-13(16)20-3/h4,6-7,10H,1,5,8-9H2,2-3H3. The second-order valence-corrected chi connectivity index (χ2v) is 4.88. The molecule has 6 nitrogen and oxygen atoms in total. The van der Waals surface area contributed by atoms with Gasteiger partial charge in [-0.2, -0.15) is 0 Å². The van der Waals surface area contributed by atoms with Gasteiger partial charge in [0.15, 0.2) is 11.3 Å². The van der Waals surface area contributed by atoms with Gasteiger partial charge in [0.05, 0.1) is 31.8 Å². The lowest BCUT2D eigenvalue weighted by Crippen LogP contribution is -2.10. The van der Waals surface area contributed by atoms with E-state index in [1.165, 1.54) is 13.2 Å². The van der Waals surface area contributed by atoms with Crippen LogP contribution in [0.1, 0.15) is 13.3 Å². The molecule has 2 rings (SSSR count). The Bertz CT molecular complexity index is 774. The van der Waals surface area contributed by atoms with E-state index in [9.17, 15) is 9.59 Å². The highest BCUT2D eigenvalue weighted by atomic mass is 16.5. The lowest BCUT2D eigenvalue weighted by Gasteiger charge is -2.10. The van der Waals surface area contributed by atoms with Crippen LogP contribution < -0.4 is 15.1 Å². The second-order valence-electron chi connectivity index (χ2n) is 4.88. The highest BCUT2D eigenvalue weighted by molar-refractivity contribution is 5.88. The van der Waals surface area contributed by atoms with Crippen molar-refractivity contribution in [3.8, 4) is 11.5 Å². The molecular weight excluding hydrogens is 300 g/mol. The third-order valence-electron chi connectivity index (χ3n) is 3.04. The lowest BCUT2D eigenvalue weighted by molar-refractivity contribution is -0.139. The van der Waals surface area contributed by atoms with Crippen LogP contribution in [0.3, 0.4) is 0 Å². The van der Waals surface area contributed by atoms with Gasteiger partial charge in [0, 0.05) is 12.0 Å². The van der Waals surface area contributed by atoms with Crippen molar-refractivity contribution >= 4 is 16.9 Å². The smallest absolute Gasteiger partial charge is 0.340 e. The first kappa shape index (κ1) is 16.6. The van der Waals surface area contributed by atoms with Crippen LogP contribution in [0.4, 0.5) is 0 Å². The van der Waals surface area contributed by atoms with Crippen molar-refractivity contribution in [3.63, 3.8) is 0 Å². The van der Waals surface area contributed by atoms with Gasteiger partial charge >= 0.3 is 11.6 Å². The van der Waals surface area contributed by atoms with Gasteiger partial charge in [-0.15, -0.1) is 0 Å². The molecule has 2 aromatic rings. The molecule has 0 saturated heterocycles. The van der Waals surface area contributed by atoms with Gasteiger partial charge in [0.1, 0.15) is 5.75 Å². The quantitative estimate of drug-likeness (QED) is 0.338. The van der Waals surface area contributed by atoms with Crippen LogP contribution >= 0.6 is 0 Å². The molecule has 122 valence electrons. The summed E-state index contributed by atoms with van der Waals surface area (Å²) in [6.45, 7) is 5.59. The molecule has 1 aromatic carbocycles. The molecule has 6 heteroatoms. The molecule has 0 atom stereocenters. The largest absolute Gasteiger partial charge is 0.493 e. The maximum Gasteiger partial charge on any atom is 0.340 e. The maximum absolute atomic E-state index is 11.6. The Labute approximate surface area is 133 Å². The molecule has 1 heterocycles. The minimum Gasteiger partial charge on any atom is -0.493 e. The molecule has 0 aliphatic carbocycles. The zero-order chi connectivity index (χ0) is 16.8. The Kier molecular flexibility index (Phi) is 5.41. The summed E-state index contributed by atoms with van der Waals surface area (Å²) >= 11 is 0. The number of rotatable bonds is 7. The lowest BCUT2D eigenvalue weighted by atomic mass is 10.2. The fourth-order valence-corrected chi connectivity index (χ4v) is 1.94. The molecule has 0 bridgehead atoms. The van der Waals surface area contributed by atoms with Crippen LogP contribution in [-0.2, 0) is 9.53 Å². The van der Waals surface area contributed by atoms with E-state index in [-0.39, 0.29) is 6.61 Å². The number of methoxy groups -OCH3 is 1. The predicted octanol–water partition coefficient (Wildman–Crippen LogP) is 2.69.